The van der Waals surface area contributed by atoms with E-state index in [1.54, 1.807) is 31.3 Å². The van der Waals surface area contributed by atoms with Crippen LogP contribution in [0, 0.1) is 5.92 Å². The molecule has 1 N–H and O–H groups in total. The summed E-state index contributed by atoms with van der Waals surface area (Å²) < 4.78 is 20.0. The molecule has 2 unspecified atom stereocenters. The number of halogens is 2. The number of aromatic nitrogens is 1. The van der Waals surface area contributed by atoms with E-state index in [0.29, 0.717) is 47.6 Å². The zero-order valence-electron chi connectivity index (χ0n) is 21.7. The number of aliphatic carboxylic acids is 1. The van der Waals surface area contributed by atoms with Crippen LogP contribution in [0.3, 0.4) is 0 Å². The van der Waals surface area contributed by atoms with Gasteiger partial charge in [-0.25, -0.2) is 0 Å². The Morgan fingerprint density at radius 3 is 2.46 bits per heavy atom. The number of nitrogens with zero attached hydrogens (tertiary/aromatic N) is 2. The van der Waals surface area contributed by atoms with Crippen LogP contribution in [0.15, 0.2) is 48.5 Å². The predicted molar refractivity (Wildman–Crippen MR) is 147 cm³/mol. The normalized spacial score (nSPS) is 19.1. The lowest BCUT2D eigenvalue weighted by Gasteiger charge is -2.33. The van der Waals surface area contributed by atoms with Crippen molar-refractivity contribution in [1.29, 1.82) is 0 Å². The maximum absolute atomic E-state index is 13.5. The second-order valence-electron chi connectivity index (χ2n) is 9.83. The third-order valence-electron chi connectivity index (χ3n) is 7.51. The number of methoxy groups -OCH3 is 2. The summed E-state index contributed by atoms with van der Waals surface area (Å²) in [6.07, 6.45) is 0.283. The molecule has 2 aliphatic rings. The maximum Gasteiger partial charge on any atom is 0.303 e. The quantitative estimate of drug-likeness (QED) is 0.369. The lowest BCUT2D eigenvalue weighted by Crippen LogP contribution is -2.39. The highest BCUT2D eigenvalue weighted by atomic mass is 35.5. The van der Waals surface area contributed by atoms with Gasteiger partial charge in [0.2, 0.25) is 5.91 Å². The first-order valence-corrected chi connectivity index (χ1v) is 13.6. The zero-order chi connectivity index (χ0) is 27.7. The van der Waals surface area contributed by atoms with Crippen LogP contribution in [0.1, 0.15) is 54.7 Å². The number of hydrogen-bond acceptors (Lipinski definition) is 5. The number of likely N-dealkylation sites (tertiary alicyclic amines) is 1. The van der Waals surface area contributed by atoms with Gasteiger partial charge in [0.05, 0.1) is 32.0 Å². The van der Waals surface area contributed by atoms with Crippen LogP contribution in [-0.4, -0.2) is 53.8 Å². The Kier molecular flexibility index (Phi) is 8.07. The molecule has 3 aromatic rings. The highest BCUT2D eigenvalue weighted by Gasteiger charge is 2.36. The van der Waals surface area contributed by atoms with E-state index < -0.39 is 18.2 Å². The molecule has 2 aliphatic heterocycles. The molecule has 2 aromatic carbocycles. The van der Waals surface area contributed by atoms with Crippen LogP contribution in [0.5, 0.6) is 11.5 Å². The Labute approximate surface area is 237 Å². The molecule has 1 saturated heterocycles. The number of amides is 1. The maximum atomic E-state index is 13.5. The molecule has 1 fully saturated rings. The van der Waals surface area contributed by atoms with Crippen LogP contribution in [0.25, 0.3) is 5.69 Å². The van der Waals surface area contributed by atoms with E-state index in [2.05, 4.69) is 0 Å². The van der Waals surface area contributed by atoms with Crippen LogP contribution in [-0.2, 0) is 14.3 Å². The SMILES string of the molecule is COc1cccc(C2OC(CC(=O)N3CCC(CC(=O)O)CC3)c3ccc(Cl)n3-c3ccc(Cl)cc32)c1OC. The van der Waals surface area contributed by atoms with E-state index in [1.807, 2.05) is 41.0 Å². The highest BCUT2D eigenvalue weighted by Crippen LogP contribution is 2.47. The number of hydrogen-bond donors (Lipinski definition) is 1. The van der Waals surface area contributed by atoms with Crippen molar-refractivity contribution in [3.05, 3.63) is 75.5 Å². The van der Waals surface area contributed by atoms with Crippen molar-refractivity contribution in [1.82, 2.24) is 9.47 Å². The van der Waals surface area contributed by atoms with E-state index in [9.17, 15) is 9.59 Å². The van der Waals surface area contributed by atoms with E-state index in [4.69, 9.17) is 42.5 Å². The molecule has 206 valence electrons. The minimum Gasteiger partial charge on any atom is -0.493 e. The number of benzene rings is 2. The van der Waals surface area contributed by atoms with E-state index in [1.165, 1.54) is 0 Å². The molecule has 0 saturated carbocycles. The minimum absolute atomic E-state index is 0.0574. The average molecular weight is 573 g/mol. The molecule has 1 amide bonds. The highest BCUT2D eigenvalue weighted by molar-refractivity contribution is 6.31. The number of carbonyl (C=O) groups is 2. The summed E-state index contributed by atoms with van der Waals surface area (Å²) in [7, 11) is 3.15. The molecular formula is C29H30Cl2N2O6. The molecule has 3 heterocycles. The molecule has 39 heavy (non-hydrogen) atoms. The monoisotopic (exact) mass is 572 g/mol. The summed E-state index contributed by atoms with van der Waals surface area (Å²) in [6, 6.07) is 14.8. The van der Waals surface area contributed by atoms with Gasteiger partial charge in [0.15, 0.2) is 11.5 Å². The number of carboxylic acids is 1. The smallest absolute Gasteiger partial charge is 0.303 e. The Morgan fingerprint density at radius 1 is 1.00 bits per heavy atom. The van der Waals surface area contributed by atoms with Gasteiger partial charge >= 0.3 is 5.97 Å². The summed E-state index contributed by atoms with van der Waals surface area (Å²) in [4.78, 5) is 26.4. The van der Waals surface area contributed by atoms with Gasteiger partial charge in [-0.05, 0) is 55.2 Å². The second kappa shape index (κ2) is 11.5. The standard InChI is InChI=1S/C29H30Cl2N2O6/c1-37-23-5-3-4-19(29(23)38-2)28-20-15-18(30)6-7-21(20)33-22(8-9-25(33)31)24(39-28)16-26(34)32-12-10-17(11-13-32)14-27(35)36/h3-9,15,17,24,28H,10-14,16H2,1-2H3,(H,35,36). The summed E-state index contributed by atoms with van der Waals surface area (Å²) in [6.45, 7) is 1.04. The topological polar surface area (TPSA) is 90.2 Å². The fourth-order valence-corrected chi connectivity index (χ4v) is 6.04. The van der Waals surface area contributed by atoms with Crippen molar-refractivity contribution < 1.29 is 28.9 Å². The van der Waals surface area contributed by atoms with Crippen molar-refractivity contribution in [2.45, 2.75) is 37.9 Å². The average Bonchev–Trinajstić information content (AvgIpc) is 3.25. The van der Waals surface area contributed by atoms with Crippen LogP contribution < -0.4 is 9.47 Å². The van der Waals surface area contributed by atoms with Crippen molar-refractivity contribution in [3.8, 4) is 17.2 Å². The minimum atomic E-state index is -0.803. The second-order valence-corrected chi connectivity index (χ2v) is 10.7. The number of ether oxygens (including phenoxy) is 3. The van der Waals surface area contributed by atoms with Gasteiger partial charge in [0.1, 0.15) is 17.4 Å². The molecule has 5 rings (SSSR count). The molecular weight excluding hydrogens is 543 g/mol. The fraction of sp³-hybridized carbons (Fsp3) is 0.379. The van der Waals surface area contributed by atoms with Crippen LogP contribution in [0.4, 0.5) is 0 Å². The largest absolute Gasteiger partial charge is 0.493 e. The molecule has 0 aliphatic carbocycles. The molecule has 2 atom stereocenters. The van der Waals surface area contributed by atoms with Gasteiger partial charge in [-0.1, -0.05) is 35.3 Å². The van der Waals surface area contributed by atoms with E-state index >= 15 is 0 Å². The van der Waals surface area contributed by atoms with Crippen LogP contribution >= 0.6 is 23.2 Å². The first-order valence-electron chi connectivity index (χ1n) is 12.8. The van der Waals surface area contributed by atoms with Gasteiger partial charge in [-0.2, -0.15) is 0 Å². The summed E-state index contributed by atoms with van der Waals surface area (Å²) >= 11 is 13.2. The number of carbonyl (C=O) groups excluding carboxylic acids is 1. The number of piperidine rings is 1. The first kappa shape index (κ1) is 27.4. The van der Waals surface area contributed by atoms with Crippen molar-refractivity contribution in [3.63, 3.8) is 0 Å². The van der Waals surface area contributed by atoms with Gasteiger partial charge in [-0.15, -0.1) is 0 Å². The predicted octanol–water partition coefficient (Wildman–Crippen LogP) is 6.07. The number of carboxylic acid groups (broad SMARTS) is 1. The lowest BCUT2D eigenvalue weighted by molar-refractivity contribution is -0.139. The molecule has 8 nitrogen and oxygen atoms in total. The van der Waals surface area contributed by atoms with Gasteiger partial charge < -0.3 is 28.8 Å². The number of para-hydroxylation sites is 1. The van der Waals surface area contributed by atoms with Crippen LogP contribution in [0.2, 0.25) is 10.2 Å². The van der Waals surface area contributed by atoms with Gasteiger partial charge in [0.25, 0.3) is 0 Å². The zero-order valence-corrected chi connectivity index (χ0v) is 23.2. The summed E-state index contributed by atoms with van der Waals surface area (Å²) in [5.41, 5.74) is 3.05. The van der Waals surface area contributed by atoms with Gasteiger partial charge in [-0.3, -0.25) is 9.59 Å². The number of rotatable bonds is 7. The Hall–Kier alpha value is -3.20. The Morgan fingerprint density at radius 2 is 1.77 bits per heavy atom. The fourth-order valence-electron chi connectivity index (χ4n) is 5.61. The summed E-state index contributed by atoms with van der Waals surface area (Å²) in [5.74, 6) is 0.307. The summed E-state index contributed by atoms with van der Waals surface area (Å²) in [5, 5.41) is 10.1. The molecule has 0 radical (unpaired) electrons. The number of fused-ring (bicyclic) bond motifs is 3. The third-order valence-corrected chi connectivity index (χ3v) is 8.04. The van der Waals surface area contributed by atoms with E-state index in [-0.39, 0.29) is 24.7 Å². The first-order chi connectivity index (χ1) is 18.8. The Bertz CT molecular complexity index is 1380. The Balaban J connectivity index is 1.52. The van der Waals surface area contributed by atoms with E-state index in [0.717, 1.165) is 22.5 Å². The van der Waals surface area contributed by atoms with Crippen molar-refractivity contribution >= 4 is 35.1 Å². The molecule has 1 aromatic heterocycles. The molecule has 10 heteroatoms. The van der Waals surface area contributed by atoms with Crippen molar-refractivity contribution in [2.75, 3.05) is 27.3 Å². The van der Waals surface area contributed by atoms with Gasteiger partial charge in [0, 0.05) is 35.7 Å². The molecule has 0 bridgehead atoms. The van der Waals surface area contributed by atoms with Crippen molar-refractivity contribution in [2.24, 2.45) is 5.92 Å². The lowest BCUT2D eigenvalue weighted by atomic mass is 9.93. The third kappa shape index (κ3) is 5.46. The molecule has 0 spiro atoms.